The van der Waals surface area contributed by atoms with Gasteiger partial charge in [-0.1, -0.05) is 19.8 Å². The highest BCUT2D eigenvalue weighted by Crippen LogP contribution is 2.43. The summed E-state index contributed by atoms with van der Waals surface area (Å²) in [6, 6.07) is 0. The first-order valence-corrected chi connectivity index (χ1v) is 5.36. The zero-order valence-corrected chi connectivity index (χ0v) is 8.51. The Morgan fingerprint density at radius 3 is 2.69 bits per heavy atom. The molecule has 2 heteroatoms. The van der Waals surface area contributed by atoms with Crippen molar-refractivity contribution in [1.82, 2.24) is 0 Å². The van der Waals surface area contributed by atoms with E-state index < -0.39 is 0 Å². The van der Waals surface area contributed by atoms with Crippen molar-refractivity contribution in [3.05, 3.63) is 0 Å². The molecule has 3 atom stereocenters. The summed E-state index contributed by atoms with van der Waals surface area (Å²) < 4.78 is 5.86. The molecule has 2 aliphatic rings. The molecule has 2 rings (SSSR count). The number of Topliss-reactive ketones (excluding diaryl/α,β-unsaturated/α-hetero) is 1. The molecule has 0 aromatic heterocycles. The van der Waals surface area contributed by atoms with Gasteiger partial charge in [-0.25, -0.2) is 0 Å². The summed E-state index contributed by atoms with van der Waals surface area (Å²) in [4.78, 5) is 11.8. The van der Waals surface area contributed by atoms with Crippen LogP contribution in [0.1, 0.15) is 46.0 Å². The Labute approximate surface area is 79.7 Å². The van der Waals surface area contributed by atoms with Crippen LogP contribution in [0.4, 0.5) is 0 Å². The first kappa shape index (κ1) is 9.20. The Morgan fingerprint density at radius 1 is 1.38 bits per heavy atom. The Bertz CT molecular complexity index is 224. The molecule has 1 spiro atoms. The van der Waals surface area contributed by atoms with E-state index in [-0.39, 0.29) is 11.7 Å². The fourth-order valence-electron chi connectivity index (χ4n) is 2.81. The summed E-state index contributed by atoms with van der Waals surface area (Å²) in [5.41, 5.74) is -0.377. The molecule has 13 heavy (non-hydrogen) atoms. The van der Waals surface area contributed by atoms with Crippen LogP contribution in [-0.4, -0.2) is 17.5 Å². The summed E-state index contributed by atoms with van der Waals surface area (Å²) in [6.45, 7) is 4.17. The third-order valence-electron chi connectivity index (χ3n) is 3.59. The largest absolute Gasteiger partial charge is 0.364 e. The van der Waals surface area contributed by atoms with Gasteiger partial charge in [-0.15, -0.1) is 0 Å². The monoisotopic (exact) mass is 182 g/mol. The standard InChI is InChI=1S/C11H18O2/c1-8-5-3-4-6-11(8)10(12)7-9(2)13-11/h8-9H,3-7H2,1-2H3. The van der Waals surface area contributed by atoms with Crippen LogP contribution >= 0.6 is 0 Å². The molecule has 0 bridgehead atoms. The third kappa shape index (κ3) is 1.32. The summed E-state index contributed by atoms with van der Waals surface area (Å²) in [7, 11) is 0. The second kappa shape index (κ2) is 3.09. The van der Waals surface area contributed by atoms with Crippen LogP contribution in [0.2, 0.25) is 0 Å². The highest BCUT2D eigenvalue weighted by Gasteiger charge is 2.50. The van der Waals surface area contributed by atoms with E-state index in [0.717, 1.165) is 19.3 Å². The summed E-state index contributed by atoms with van der Waals surface area (Å²) in [5.74, 6) is 0.783. The average molecular weight is 182 g/mol. The van der Waals surface area contributed by atoms with Crippen LogP contribution < -0.4 is 0 Å². The maximum absolute atomic E-state index is 11.8. The number of rotatable bonds is 0. The predicted octanol–water partition coefficient (Wildman–Crippen LogP) is 2.31. The Kier molecular flexibility index (Phi) is 2.18. The van der Waals surface area contributed by atoms with E-state index in [1.165, 1.54) is 6.42 Å². The minimum Gasteiger partial charge on any atom is -0.364 e. The molecule has 74 valence electrons. The Morgan fingerprint density at radius 2 is 2.15 bits per heavy atom. The molecular weight excluding hydrogens is 164 g/mol. The summed E-state index contributed by atoms with van der Waals surface area (Å²) >= 11 is 0. The summed E-state index contributed by atoms with van der Waals surface area (Å²) in [6.07, 6.45) is 5.30. The molecule has 3 unspecified atom stereocenters. The highest BCUT2D eigenvalue weighted by molar-refractivity contribution is 5.89. The molecule has 1 saturated carbocycles. The first-order chi connectivity index (χ1) is 6.15. The lowest BCUT2D eigenvalue weighted by Crippen LogP contribution is -2.45. The highest BCUT2D eigenvalue weighted by atomic mass is 16.5. The van der Waals surface area contributed by atoms with Crippen molar-refractivity contribution in [2.24, 2.45) is 5.92 Å². The lowest BCUT2D eigenvalue weighted by atomic mass is 9.74. The number of hydrogen-bond donors (Lipinski definition) is 0. The van der Waals surface area contributed by atoms with Gasteiger partial charge in [-0.3, -0.25) is 4.79 Å². The van der Waals surface area contributed by atoms with Crippen molar-refractivity contribution in [1.29, 1.82) is 0 Å². The van der Waals surface area contributed by atoms with E-state index in [2.05, 4.69) is 6.92 Å². The molecule has 0 aromatic carbocycles. The SMILES string of the molecule is CC1CC(=O)C2(CCCCC2C)O1. The number of ether oxygens (including phenoxy) is 1. The molecule has 1 aliphatic heterocycles. The van der Waals surface area contributed by atoms with Crippen LogP contribution in [-0.2, 0) is 9.53 Å². The lowest BCUT2D eigenvalue weighted by molar-refractivity contribution is -0.144. The minimum atomic E-state index is -0.377. The van der Waals surface area contributed by atoms with Crippen molar-refractivity contribution >= 4 is 5.78 Å². The van der Waals surface area contributed by atoms with E-state index in [1.807, 2.05) is 6.92 Å². The van der Waals surface area contributed by atoms with Gasteiger partial charge >= 0.3 is 0 Å². The number of carbonyl (C=O) groups excluding carboxylic acids is 1. The van der Waals surface area contributed by atoms with Crippen molar-refractivity contribution < 1.29 is 9.53 Å². The van der Waals surface area contributed by atoms with E-state index in [0.29, 0.717) is 18.1 Å². The Hall–Kier alpha value is -0.370. The normalized spacial score (nSPS) is 45.8. The van der Waals surface area contributed by atoms with E-state index in [1.54, 1.807) is 0 Å². The lowest BCUT2D eigenvalue weighted by Gasteiger charge is -2.37. The molecule has 2 fully saturated rings. The zero-order chi connectivity index (χ0) is 9.47. The van der Waals surface area contributed by atoms with Crippen LogP contribution in [0.25, 0.3) is 0 Å². The van der Waals surface area contributed by atoms with Gasteiger partial charge in [0.2, 0.25) is 0 Å². The number of hydrogen-bond acceptors (Lipinski definition) is 2. The van der Waals surface area contributed by atoms with Crippen LogP contribution in [0.15, 0.2) is 0 Å². The van der Waals surface area contributed by atoms with E-state index in [4.69, 9.17) is 4.74 Å². The van der Waals surface area contributed by atoms with Crippen molar-refractivity contribution in [2.75, 3.05) is 0 Å². The third-order valence-corrected chi connectivity index (χ3v) is 3.59. The van der Waals surface area contributed by atoms with Gasteiger partial charge in [0.05, 0.1) is 6.10 Å². The van der Waals surface area contributed by atoms with Crippen molar-refractivity contribution in [3.63, 3.8) is 0 Å². The molecule has 1 aliphatic carbocycles. The summed E-state index contributed by atoms with van der Waals surface area (Å²) in [5, 5.41) is 0. The van der Waals surface area contributed by atoms with Crippen LogP contribution in [0, 0.1) is 5.92 Å². The number of carbonyl (C=O) groups is 1. The fraction of sp³-hybridized carbons (Fsp3) is 0.909. The van der Waals surface area contributed by atoms with Crippen LogP contribution in [0.5, 0.6) is 0 Å². The molecule has 0 amide bonds. The van der Waals surface area contributed by atoms with Gasteiger partial charge in [0.25, 0.3) is 0 Å². The number of ketones is 1. The first-order valence-electron chi connectivity index (χ1n) is 5.36. The smallest absolute Gasteiger partial charge is 0.167 e. The van der Waals surface area contributed by atoms with Gasteiger partial charge in [-0.05, 0) is 25.7 Å². The van der Waals surface area contributed by atoms with Crippen molar-refractivity contribution in [2.45, 2.75) is 57.7 Å². The maximum Gasteiger partial charge on any atom is 0.167 e. The molecule has 0 radical (unpaired) electrons. The van der Waals surface area contributed by atoms with Crippen LogP contribution in [0.3, 0.4) is 0 Å². The van der Waals surface area contributed by atoms with Gasteiger partial charge in [0, 0.05) is 6.42 Å². The second-order valence-corrected chi connectivity index (χ2v) is 4.59. The topological polar surface area (TPSA) is 26.3 Å². The van der Waals surface area contributed by atoms with Crippen molar-refractivity contribution in [3.8, 4) is 0 Å². The quantitative estimate of drug-likeness (QED) is 0.574. The van der Waals surface area contributed by atoms with Gasteiger partial charge in [0.15, 0.2) is 5.78 Å². The van der Waals surface area contributed by atoms with E-state index in [9.17, 15) is 4.79 Å². The van der Waals surface area contributed by atoms with Gasteiger partial charge in [-0.2, -0.15) is 0 Å². The molecule has 1 heterocycles. The Balaban J connectivity index is 2.22. The molecular formula is C11H18O2. The minimum absolute atomic E-state index is 0.146. The molecule has 1 saturated heterocycles. The van der Waals surface area contributed by atoms with E-state index >= 15 is 0 Å². The second-order valence-electron chi connectivity index (χ2n) is 4.59. The maximum atomic E-state index is 11.8. The predicted molar refractivity (Wildman–Crippen MR) is 50.5 cm³/mol. The van der Waals surface area contributed by atoms with Gasteiger partial charge in [0.1, 0.15) is 5.60 Å². The fourth-order valence-corrected chi connectivity index (χ4v) is 2.81. The van der Waals surface area contributed by atoms with Gasteiger partial charge < -0.3 is 4.74 Å². The molecule has 0 N–H and O–H groups in total. The molecule has 2 nitrogen and oxygen atoms in total. The molecule has 0 aromatic rings. The average Bonchev–Trinajstić information content (AvgIpc) is 2.35. The zero-order valence-electron chi connectivity index (χ0n) is 8.51.